The molecule has 0 bridgehead atoms. The third-order valence-electron chi connectivity index (χ3n) is 2.24. The first kappa shape index (κ1) is 12.5. The number of rotatable bonds is 5. The van der Waals surface area contributed by atoms with Crippen LogP contribution < -0.4 is 4.74 Å². The van der Waals surface area contributed by atoms with E-state index in [4.69, 9.17) is 14.6 Å². The summed E-state index contributed by atoms with van der Waals surface area (Å²) in [4.78, 5) is 10.9. The van der Waals surface area contributed by atoms with Crippen LogP contribution in [0.25, 0.3) is 0 Å². The first-order chi connectivity index (χ1) is 7.54. The standard InChI is InChI=1S/C12H16O4/c1-8-4-5-10(12(13)14)11(6-8)16-7-9(2)15-3/h4-6,9H,7H2,1-3H3,(H,13,14). The molecule has 0 aliphatic carbocycles. The molecule has 4 heteroatoms. The molecule has 0 aliphatic rings. The van der Waals surface area contributed by atoms with Gasteiger partial charge in [-0.1, -0.05) is 6.07 Å². The van der Waals surface area contributed by atoms with Crippen molar-refractivity contribution >= 4 is 5.97 Å². The van der Waals surface area contributed by atoms with Gasteiger partial charge in [0.2, 0.25) is 0 Å². The molecule has 1 N–H and O–H groups in total. The Balaban J connectivity index is 2.84. The van der Waals surface area contributed by atoms with Gasteiger partial charge >= 0.3 is 5.97 Å². The van der Waals surface area contributed by atoms with Crippen molar-refractivity contribution in [1.29, 1.82) is 0 Å². The van der Waals surface area contributed by atoms with Crippen molar-refractivity contribution in [2.24, 2.45) is 0 Å². The monoisotopic (exact) mass is 224 g/mol. The van der Waals surface area contributed by atoms with E-state index >= 15 is 0 Å². The summed E-state index contributed by atoms with van der Waals surface area (Å²) in [6.07, 6.45) is -0.0674. The highest BCUT2D eigenvalue weighted by atomic mass is 16.5. The van der Waals surface area contributed by atoms with Gasteiger partial charge in [-0.25, -0.2) is 4.79 Å². The first-order valence-electron chi connectivity index (χ1n) is 5.04. The van der Waals surface area contributed by atoms with Gasteiger partial charge in [0.25, 0.3) is 0 Å². The lowest BCUT2D eigenvalue weighted by Crippen LogP contribution is -2.17. The van der Waals surface area contributed by atoms with Crippen molar-refractivity contribution in [3.63, 3.8) is 0 Å². The highest BCUT2D eigenvalue weighted by Gasteiger charge is 2.12. The topological polar surface area (TPSA) is 55.8 Å². The van der Waals surface area contributed by atoms with Crippen LogP contribution in [0.15, 0.2) is 18.2 Å². The van der Waals surface area contributed by atoms with Crippen LogP contribution in [-0.4, -0.2) is 30.9 Å². The minimum absolute atomic E-state index is 0.0674. The van der Waals surface area contributed by atoms with Crippen molar-refractivity contribution in [3.8, 4) is 5.75 Å². The maximum absolute atomic E-state index is 10.9. The van der Waals surface area contributed by atoms with E-state index < -0.39 is 5.97 Å². The quantitative estimate of drug-likeness (QED) is 0.832. The number of carbonyl (C=O) groups is 1. The first-order valence-corrected chi connectivity index (χ1v) is 5.04. The Labute approximate surface area is 94.8 Å². The predicted octanol–water partition coefficient (Wildman–Crippen LogP) is 2.11. The van der Waals surface area contributed by atoms with E-state index in [1.807, 2.05) is 13.8 Å². The van der Waals surface area contributed by atoms with Crippen LogP contribution in [0.2, 0.25) is 0 Å². The summed E-state index contributed by atoms with van der Waals surface area (Å²) in [5, 5.41) is 8.97. The highest BCUT2D eigenvalue weighted by molar-refractivity contribution is 5.90. The van der Waals surface area contributed by atoms with Gasteiger partial charge in [0.1, 0.15) is 17.9 Å². The second-order valence-corrected chi connectivity index (χ2v) is 3.66. The molecule has 1 aromatic carbocycles. The molecule has 4 nitrogen and oxygen atoms in total. The van der Waals surface area contributed by atoms with Crippen molar-refractivity contribution in [3.05, 3.63) is 29.3 Å². The lowest BCUT2D eigenvalue weighted by atomic mass is 10.1. The Morgan fingerprint density at radius 3 is 2.75 bits per heavy atom. The average molecular weight is 224 g/mol. The molecule has 0 radical (unpaired) electrons. The summed E-state index contributed by atoms with van der Waals surface area (Å²) in [6.45, 7) is 4.08. The third kappa shape index (κ3) is 3.24. The Morgan fingerprint density at radius 2 is 2.19 bits per heavy atom. The van der Waals surface area contributed by atoms with Gasteiger partial charge in [0.05, 0.1) is 6.10 Å². The van der Waals surface area contributed by atoms with Crippen LogP contribution in [-0.2, 0) is 4.74 Å². The minimum Gasteiger partial charge on any atom is -0.490 e. The van der Waals surface area contributed by atoms with Crippen molar-refractivity contribution in [2.45, 2.75) is 20.0 Å². The predicted molar refractivity (Wildman–Crippen MR) is 60.1 cm³/mol. The molecule has 0 saturated heterocycles. The molecule has 0 aliphatic heterocycles. The Hall–Kier alpha value is -1.55. The van der Waals surface area contributed by atoms with E-state index in [1.165, 1.54) is 0 Å². The molecule has 0 spiro atoms. The van der Waals surface area contributed by atoms with E-state index in [0.717, 1.165) is 5.56 Å². The lowest BCUT2D eigenvalue weighted by molar-refractivity contribution is 0.0646. The molecule has 0 saturated carbocycles. The number of hydrogen-bond donors (Lipinski definition) is 1. The number of hydrogen-bond acceptors (Lipinski definition) is 3. The van der Waals surface area contributed by atoms with Crippen molar-refractivity contribution < 1.29 is 19.4 Å². The molecular formula is C12H16O4. The molecule has 0 fully saturated rings. The maximum atomic E-state index is 10.9. The molecule has 1 unspecified atom stereocenters. The van der Waals surface area contributed by atoms with Crippen LogP contribution in [0.4, 0.5) is 0 Å². The third-order valence-corrected chi connectivity index (χ3v) is 2.24. The van der Waals surface area contributed by atoms with Crippen LogP contribution in [0.5, 0.6) is 5.75 Å². The summed E-state index contributed by atoms with van der Waals surface area (Å²) < 4.78 is 10.5. The molecule has 0 amide bonds. The van der Waals surface area contributed by atoms with Gasteiger partial charge in [-0.05, 0) is 31.5 Å². The summed E-state index contributed by atoms with van der Waals surface area (Å²) in [5.74, 6) is -0.600. The molecule has 88 valence electrons. The van der Waals surface area contributed by atoms with Crippen LogP contribution >= 0.6 is 0 Å². The zero-order valence-corrected chi connectivity index (χ0v) is 9.69. The van der Waals surface area contributed by atoms with Gasteiger partial charge in [0, 0.05) is 7.11 Å². The zero-order chi connectivity index (χ0) is 12.1. The van der Waals surface area contributed by atoms with Crippen LogP contribution in [0.3, 0.4) is 0 Å². The number of carboxylic acids is 1. The van der Waals surface area contributed by atoms with Gasteiger partial charge in [0.15, 0.2) is 0 Å². The number of aromatic carboxylic acids is 1. The van der Waals surface area contributed by atoms with Crippen LogP contribution in [0.1, 0.15) is 22.8 Å². The number of methoxy groups -OCH3 is 1. The molecule has 1 aromatic rings. The molecule has 0 heterocycles. The second kappa shape index (κ2) is 5.51. The van der Waals surface area contributed by atoms with Crippen molar-refractivity contribution in [1.82, 2.24) is 0 Å². The maximum Gasteiger partial charge on any atom is 0.339 e. The van der Waals surface area contributed by atoms with Gasteiger partial charge in [-0.15, -0.1) is 0 Å². The highest BCUT2D eigenvalue weighted by Crippen LogP contribution is 2.20. The normalized spacial score (nSPS) is 12.2. The Morgan fingerprint density at radius 1 is 1.50 bits per heavy atom. The Kier molecular flexibility index (Phi) is 4.31. The number of aryl methyl sites for hydroxylation is 1. The Bertz CT molecular complexity index is 373. The molecule has 16 heavy (non-hydrogen) atoms. The number of benzene rings is 1. The molecule has 1 atom stereocenters. The minimum atomic E-state index is -0.986. The van der Waals surface area contributed by atoms with E-state index in [0.29, 0.717) is 12.4 Å². The summed E-state index contributed by atoms with van der Waals surface area (Å²) in [7, 11) is 1.59. The van der Waals surface area contributed by atoms with Gasteiger partial charge < -0.3 is 14.6 Å². The fraction of sp³-hybridized carbons (Fsp3) is 0.417. The van der Waals surface area contributed by atoms with Crippen LogP contribution in [0, 0.1) is 6.92 Å². The van der Waals surface area contributed by atoms with Gasteiger partial charge in [-0.3, -0.25) is 0 Å². The van der Waals surface area contributed by atoms with E-state index in [9.17, 15) is 4.79 Å². The van der Waals surface area contributed by atoms with E-state index in [1.54, 1.807) is 25.3 Å². The lowest BCUT2D eigenvalue weighted by Gasteiger charge is -2.13. The summed E-state index contributed by atoms with van der Waals surface area (Å²) in [5.41, 5.74) is 1.14. The van der Waals surface area contributed by atoms with E-state index in [-0.39, 0.29) is 11.7 Å². The number of ether oxygens (including phenoxy) is 2. The largest absolute Gasteiger partial charge is 0.490 e. The zero-order valence-electron chi connectivity index (χ0n) is 9.69. The molecule has 0 aromatic heterocycles. The summed E-state index contributed by atoms with van der Waals surface area (Å²) in [6, 6.07) is 5.01. The van der Waals surface area contributed by atoms with Gasteiger partial charge in [-0.2, -0.15) is 0 Å². The van der Waals surface area contributed by atoms with E-state index in [2.05, 4.69) is 0 Å². The average Bonchev–Trinajstić information content (AvgIpc) is 2.25. The SMILES string of the molecule is COC(C)COc1cc(C)ccc1C(=O)O. The summed E-state index contributed by atoms with van der Waals surface area (Å²) >= 11 is 0. The smallest absolute Gasteiger partial charge is 0.339 e. The second-order valence-electron chi connectivity index (χ2n) is 3.66. The number of carboxylic acid groups (broad SMARTS) is 1. The van der Waals surface area contributed by atoms with Crippen molar-refractivity contribution in [2.75, 3.05) is 13.7 Å². The molecular weight excluding hydrogens is 208 g/mol. The fourth-order valence-corrected chi connectivity index (χ4v) is 1.20. The fourth-order valence-electron chi connectivity index (χ4n) is 1.20. The molecule has 1 rings (SSSR count).